The van der Waals surface area contributed by atoms with Gasteiger partial charge in [-0.3, -0.25) is 9.59 Å². The van der Waals surface area contributed by atoms with Crippen molar-refractivity contribution in [1.82, 2.24) is 23.5 Å². The Kier molecular flexibility index (Phi) is 7.02. The lowest BCUT2D eigenvalue weighted by molar-refractivity contribution is -0.138. The van der Waals surface area contributed by atoms with Crippen molar-refractivity contribution in [2.75, 3.05) is 32.4 Å². The van der Waals surface area contributed by atoms with Crippen molar-refractivity contribution >= 4 is 65.8 Å². The summed E-state index contributed by atoms with van der Waals surface area (Å²) >= 11 is 7.10. The number of aromatic amines is 1. The zero-order valence-electron chi connectivity index (χ0n) is 20.1. The number of carboxylic acid groups (broad SMARTS) is 1. The standard InChI is InChI=1S/C22H24ClN5O7S3/c1-37(32,33)26-5-4-17-18(12-26)36-21(25-17)22(31)28-7-6-27(11-15(28)10-20(29)30)38(34,35)19-9-13-8-14(23)2-3-16(13)24-19/h2-3,8-9,15,24H,4-7,10-12H2,1H3,(H,29,30). The number of nitrogens with one attached hydrogen (secondary N) is 1. The Bertz CT molecular complexity index is 1650. The van der Waals surface area contributed by atoms with Gasteiger partial charge in [-0.05, 0) is 24.3 Å². The molecule has 0 aliphatic carbocycles. The number of rotatable bonds is 6. The number of carbonyl (C=O) groups is 2. The fourth-order valence-corrected chi connectivity index (χ4v) is 8.32. The summed E-state index contributed by atoms with van der Waals surface area (Å²) in [6, 6.07) is 5.50. The molecule has 16 heteroatoms. The molecule has 4 heterocycles. The van der Waals surface area contributed by atoms with Gasteiger partial charge in [-0.2, -0.15) is 8.61 Å². The van der Waals surface area contributed by atoms with Gasteiger partial charge in [-0.15, -0.1) is 11.3 Å². The number of carbonyl (C=O) groups excluding carboxylic acids is 1. The Hall–Kier alpha value is -2.56. The second-order valence-corrected chi connectivity index (χ2v) is 14.6. The third-order valence-corrected chi connectivity index (χ3v) is 11.0. The van der Waals surface area contributed by atoms with E-state index < -0.39 is 44.4 Å². The number of H-pyrrole nitrogens is 1. The van der Waals surface area contributed by atoms with Crippen LogP contribution in [0.15, 0.2) is 29.3 Å². The Labute approximate surface area is 227 Å². The average Bonchev–Trinajstić information content (AvgIpc) is 3.46. The van der Waals surface area contributed by atoms with Crippen molar-refractivity contribution in [1.29, 1.82) is 0 Å². The predicted molar refractivity (Wildman–Crippen MR) is 140 cm³/mol. The molecule has 0 bridgehead atoms. The Morgan fingerprint density at radius 2 is 1.92 bits per heavy atom. The van der Waals surface area contributed by atoms with Crippen LogP contribution in [0, 0.1) is 0 Å². The van der Waals surface area contributed by atoms with Gasteiger partial charge >= 0.3 is 5.97 Å². The number of sulfonamides is 2. The molecule has 1 unspecified atom stereocenters. The summed E-state index contributed by atoms with van der Waals surface area (Å²) in [7, 11) is -7.41. The monoisotopic (exact) mass is 601 g/mol. The lowest BCUT2D eigenvalue weighted by Gasteiger charge is -2.39. The van der Waals surface area contributed by atoms with E-state index in [0.717, 1.165) is 17.6 Å². The van der Waals surface area contributed by atoms with Gasteiger partial charge in [0.25, 0.3) is 15.9 Å². The van der Waals surface area contributed by atoms with Gasteiger partial charge in [0, 0.05) is 59.9 Å². The lowest BCUT2D eigenvalue weighted by atomic mass is 10.1. The second-order valence-electron chi connectivity index (χ2n) is 9.21. The summed E-state index contributed by atoms with van der Waals surface area (Å²) in [5, 5.41) is 10.7. The van der Waals surface area contributed by atoms with Crippen LogP contribution in [0.1, 0.15) is 26.8 Å². The number of aromatic nitrogens is 2. The van der Waals surface area contributed by atoms with Crippen molar-refractivity contribution in [2.24, 2.45) is 0 Å². The van der Waals surface area contributed by atoms with Crippen LogP contribution in [0.3, 0.4) is 0 Å². The minimum Gasteiger partial charge on any atom is -0.481 e. The first kappa shape index (κ1) is 27.0. The van der Waals surface area contributed by atoms with Gasteiger partial charge in [0.05, 0.1) is 24.4 Å². The maximum atomic E-state index is 13.4. The number of hydrogen-bond donors (Lipinski definition) is 2. The summed E-state index contributed by atoms with van der Waals surface area (Å²) in [4.78, 5) is 34.4. The predicted octanol–water partition coefficient (Wildman–Crippen LogP) is 1.59. The molecule has 12 nitrogen and oxygen atoms in total. The SMILES string of the molecule is CS(=O)(=O)N1CCc2nc(C(=O)N3CCN(S(=O)(=O)c4cc5cc(Cl)ccc5[nH]4)CC3CC(=O)O)sc2C1. The highest BCUT2D eigenvalue weighted by Crippen LogP contribution is 2.30. The first-order valence-electron chi connectivity index (χ1n) is 11.6. The Morgan fingerprint density at radius 1 is 1.16 bits per heavy atom. The van der Waals surface area contributed by atoms with E-state index in [9.17, 15) is 31.5 Å². The molecule has 204 valence electrons. The number of piperazine rings is 1. The third-order valence-electron chi connectivity index (χ3n) is 6.64. The van der Waals surface area contributed by atoms with E-state index in [1.165, 1.54) is 19.6 Å². The normalized spacial score (nSPS) is 19.5. The van der Waals surface area contributed by atoms with Crippen LogP contribution in [0.25, 0.3) is 10.9 Å². The van der Waals surface area contributed by atoms with Crippen molar-refractivity contribution in [2.45, 2.75) is 30.5 Å². The van der Waals surface area contributed by atoms with Crippen LogP contribution in [0.4, 0.5) is 0 Å². The number of aliphatic carboxylic acids is 1. The van der Waals surface area contributed by atoms with E-state index in [-0.39, 0.29) is 42.8 Å². The van der Waals surface area contributed by atoms with Crippen LogP contribution >= 0.6 is 22.9 Å². The molecule has 0 spiro atoms. The van der Waals surface area contributed by atoms with Crippen molar-refractivity contribution in [3.05, 3.63) is 44.9 Å². The highest BCUT2D eigenvalue weighted by Gasteiger charge is 2.39. The van der Waals surface area contributed by atoms with Gasteiger partial charge in [0.2, 0.25) is 10.0 Å². The first-order valence-corrected chi connectivity index (χ1v) is 16.1. The molecule has 2 aliphatic rings. The summed E-state index contributed by atoms with van der Waals surface area (Å²) in [6.07, 6.45) is 1.04. The molecule has 0 radical (unpaired) electrons. The Morgan fingerprint density at radius 3 is 2.63 bits per heavy atom. The molecule has 2 aromatic heterocycles. The highest BCUT2D eigenvalue weighted by atomic mass is 35.5. The molecular weight excluding hydrogens is 578 g/mol. The molecule has 1 atom stereocenters. The zero-order chi connectivity index (χ0) is 27.4. The fourth-order valence-electron chi connectivity index (χ4n) is 4.71. The van der Waals surface area contributed by atoms with E-state index in [2.05, 4.69) is 9.97 Å². The molecule has 1 amide bonds. The quantitative estimate of drug-likeness (QED) is 0.430. The van der Waals surface area contributed by atoms with Crippen LogP contribution in [0.5, 0.6) is 0 Å². The largest absolute Gasteiger partial charge is 0.481 e. The maximum Gasteiger partial charge on any atom is 0.305 e. The van der Waals surface area contributed by atoms with E-state index in [0.29, 0.717) is 32.9 Å². The second kappa shape index (κ2) is 9.88. The first-order chi connectivity index (χ1) is 17.8. The maximum absolute atomic E-state index is 13.4. The number of amides is 1. The van der Waals surface area contributed by atoms with Crippen molar-refractivity contribution in [3.63, 3.8) is 0 Å². The topological polar surface area (TPSA) is 161 Å². The number of thiazole rings is 1. The van der Waals surface area contributed by atoms with Gasteiger partial charge in [0.15, 0.2) is 5.01 Å². The molecule has 1 saturated heterocycles. The van der Waals surface area contributed by atoms with Gasteiger partial charge in [-0.1, -0.05) is 11.6 Å². The third kappa shape index (κ3) is 5.18. The molecule has 1 fully saturated rings. The summed E-state index contributed by atoms with van der Waals surface area (Å²) in [6.45, 7) is 0.124. The van der Waals surface area contributed by atoms with Gasteiger partial charge in [0.1, 0.15) is 5.03 Å². The average molecular weight is 602 g/mol. The molecular formula is C22H24ClN5O7S3. The van der Waals surface area contributed by atoms with Crippen LogP contribution in [-0.2, 0) is 37.8 Å². The Balaban J connectivity index is 1.38. The van der Waals surface area contributed by atoms with E-state index in [1.807, 2.05) is 0 Å². The zero-order valence-corrected chi connectivity index (χ0v) is 23.3. The molecule has 3 aromatic rings. The lowest BCUT2D eigenvalue weighted by Crippen LogP contribution is -2.57. The minimum atomic E-state index is -4.01. The molecule has 5 rings (SSSR count). The van der Waals surface area contributed by atoms with Gasteiger partial charge < -0.3 is 15.0 Å². The van der Waals surface area contributed by atoms with Crippen LogP contribution in [0.2, 0.25) is 5.02 Å². The molecule has 2 aliphatic heterocycles. The van der Waals surface area contributed by atoms with Crippen LogP contribution in [-0.4, -0.2) is 95.8 Å². The molecule has 2 N–H and O–H groups in total. The number of benzene rings is 1. The summed E-state index contributed by atoms with van der Waals surface area (Å²) in [5.41, 5.74) is 1.24. The number of halogens is 1. The number of carboxylic acids is 1. The van der Waals surface area contributed by atoms with Crippen molar-refractivity contribution in [3.8, 4) is 0 Å². The number of hydrogen-bond acceptors (Lipinski definition) is 8. The summed E-state index contributed by atoms with van der Waals surface area (Å²) < 4.78 is 53.2. The number of fused-ring (bicyclic) bond motifs is 2. The van der Waals surface area contributed by atoms with Crippen LogP contribution < -0.4 is 0 Å². The van der Waals surface area contributed by atoms with E-state index in [1.54, 1.807) is 18.2 Å². The molecule has 38 heavy (non-hydrogen) atoms. The van der Waals surface area contributed by atoms with E-state index in [4.69, 9.17) is 11.6 Å². The smallest absolute Gasteiger partial charge is 0.305 e. The molecule has 0 saturated carbocycles. The molecule has 1 aromatic carbocycles. The highest BCUT2D eigenvalue weighted by molar-refractivity contribution is 7.89. The fraction of sp³-hybridized carbons (Fsp3) is 0.409. The van der Waals surface area contributed by atoms with Gasteiger partial charge in [-0.25, -0.2) is 21.8 Å². The van der Waals surface area contributed by atoms with Crippen molar-refractivity contribution < 1.29 is 31.5 Å². The van der Waals surface area contributed by atoms with E-state index >= 15 is 0 Å². The number of nitrogens with zero attached hydrogens (tertiary/aromatic N) is 4. The summed E-state index contributed by atoms with van der Waals surface area (Å²) in [5.74, 6) is -1.67. The minimum absolute atomic E-state index is 0.0260.